The Hall–Kier alpha value is -0.520. The summed E-state index contributed by atoms with van der Waals surface area (Å²) in [5.41, 5.74) is 29.1. The summed E-state index contributed by atoms with van der Waals surface area (Å²) in [4.78, 5) is 0. The molecule has 0 rings (SSSR count). The van der Waals surface area contributed by atoms with Gasteiger partial charge in [-0.3, -0.25) is 11.7 Å². The van der Waals surface area contributed by atoms with Crippen molar-refractivity contribution in [3.63, 3.8) is 0 Å². The minimum absolute atomic E-state index is 0.479. The van der Waals surface area contributed by atoms with Gasteiger partial charge in [0.15, 0.2) is 0 Å². The van der Waals surface area contributed by atoms with Crippen molar-refractivity contribution in [2.75, 3.05) is 19.8 Å². The van der Waals surface area contributed by atoms with E-state index in [9.17, 15) is 0 Å². The molecule has 0 saturated carbocycles. The summed E-state index contributed by atoms with van der Waals surface area (Å²) in [6.07, 6.45) is 3.23. The Balaban J connectivity index is 2.88. The standard InChI is InChI=1S/C6H27N13/c7-13-11-6-12-17-15-9-4-2-1-3-5-10-16-19-18-14-8/h9-19H,1-8H2. The molecule has 0 radical (unpaired) electrons. The molecule has 0 bridgehead atoms. The maximum atomic E-state index is 4.99. The molecule has 0 aromatic carbocycles. The minimum atomic E-state index is 0.479. The third-order valence-corrected chi connectivity index (χ3v) is 1.91. The molecule has 0 atom stereocenters. The van der Waals surface area contributed by atoms with Gasteiger partial charge >= 0.3 is 0 Å². The van der Waals surface area contributed by atoms with Crippen LogP contribution in [0, 0.1) is 0 Å². The van der Waals surface area contributed by atoms with Crippen molar-refractivity contribution < 1.29 is 0 Å². The van der Waals surface area contributed by atoms with Gasteiger partial charge in [-0.25, -0.2) is 21.7 Å². The van der Waals surface area contributed by atoms with Crippen LogP contribution < -0.4 is 72.1 Å². The van der Waals surface area contributed by atoms with Gasteiger partial charge in [-0.15, -0.1) is 0 Å². The average Bonchev–Trinajstić information content (AvgIpc) is 2.43. The molecule has 0 spiro atoms. The van der Waals surface area contributed by atoms with Gasteiger partial charge in [-0.05, 0) is 12.8 Å². The van der Waals surface area contributed by atoms with Crippen LogP contribution in [0.2, 0.25) is 0 Å². The van der Waals surface area contributed by atoms with Gasteiger partial charge in [0.1, 0.15) is 0 Å². The van der Waals surface area contributed by atoms with E-state index in [2.05, 4.69) is 60.4 Å². The van der Waals surface area contributed by atoms with Crippen LogP contribution in [0.3, 0.4) is 0 Å². The van der Waals surface area contributed by atoms with E-state index < -0.39 is 0 Å². The molecule has 13 nitrogen and oxygen atoms in total. The number of unbranched alkanes of at least 4 members (excludes halogenated alkanes) is 2. The molecule has 0 aromatic rings. The fraction of sp³-hybridized carbons (Fsp3) is 1.00. The van der Waals surface area contributed by atoms with E-state index in [-0.39, 0.29) is 0 Å². The van der Waals surface area contributed by atoms with Gasteiger partial charge in [0.25, 0.3) is 0 Å². The Kier molecular flexibility index (Phi) is 17.0. The normalized spacial score (nSPS) is 11.1. The SMILES string of the molecule is NNNCNNNNCCCCCNNNNNN. The van der Waals surface area contributed by atoms with Gasteiger partial charge in [-0.1, -0.05) is 6.42 Å². The Morgan fingerprint density at radius 1 is 0.526 bits per heavy atom. The van der Waals surface area contributed by atoms with E-state index in [4.69, 9.17) is 11.7 Å². The molecule has 0 aliphatic carbocycles. The Morgan fingerprint density at radius 2 is 1.16 bits per heavy atom. The van der Waals surface area contributed by atoms with Crippen LogP contribution in [0.1, 0.15) is 19.3 Å². The zero-order chi connectivity index (χ0) is 14.0. The highest BCUT2D eigenvalue weighted by molar-refractivity contribution is 4.45. The van der Waals surface area contributed by atoms with Gasteiger partial charge in [0.2, 0.25) is 0 Å². The molecule has 15 N–H and O–H groups in total. The number of hydrazine groups is 10. The number of hydrogen-bond acceptors (Lipinski definition) is 13. The number of hydrogen-bond donors (Lipinski definition) is 13. The first-order valence-corrected chi connectivity index (χ1v) is 5.99. The lowest BCUT2D eigenvalue weighted by molar-refractivity contribution is 0.324. The monoisotopic (exact) mass is 281 g/mol. The smallest absolute Gasteiger partial charge is 0.0747 e. The fourth-order valence-electron chi connectivity index (χ4n) is 1.07. The lowest BCUT2D eigenvalue weighted by Gasteiger charge is -2.10. The van der Waals surface area contributed by atoms with Crippen LogP contribution in [0.25, 0.3) is 0 Å². The first-order chi connectivity index (χ1) is 9.41. The molecule has 0 fully saturated rings. The van der Waals surface area contributed by atoms with Crippen molar-refractivity contribution in [3.05, 3.63) is 0 Å². The summed E-state index contributed by atoms with van der Waals surface area (Å²) in [5.74, 6) is 9.95. The van der Waals surface area contributed by atoms with Crippen molar-refractivity contribution in [1.82, 2.24) is 60.4 Å². The molecular formula is C6H27N13. The lowest BCUT2D eigenvalue weighted by Crippen LogP contribution is -2.57. The van der Waals surface area contributed by atoms with Crippen LogP contribution in [-0.4, -0.2) is 19.8 Å². The summed E-state index contributed by atoms with van der Waals surface area (Å²) in [6, 6.07) is 0. The predicted molar refractivity (Wildman–Crippen MR) is 71.3 cm³/mol. The van der Waals surface area contributed by atoms with E-state index >= 15 is 0 Å². The molecule has 0 heterocycles. The first-order valence-electron chi connectivity index (χ1n) is 5.99. The third kappa shape index (κ3) is 17.5. The third-order valence-electron chi connectivity index (χ3n) is 1.91. The zero-order valence-electron chi connectivity index (χ0n) is 10.9. The van der Waals surface area contributed by atoms with Crippen LogP contribution in [0.15, 0.2) is 0 Å². The van der Waals surface area contributed by atoms with Crippen molar-refractivity contribution in [3.8, 4) is 0 Å². The quantitative estimate of drug-likeness (QED) is 0.0557. The maximum absolute atomic E-state index is 4.99. The topological polar surface area (TPSA) is 184 Å². The number of nitrogens with two attached hydrogens (primary N) is 2. The highest BCUT2D eigenvalue weighted by Crippen LogP contribution is 1.90. The van der Waals surface area contributed by atoms with Gasteiger partial charge in [0, 0.05) is 13.1 Å². The van der Waals surface area contributed by atoms with E-state index in [0.29, 0.717) is 6.67 Å². The largest absolute Gasteiger partial charge is 0.258 e. The van der Waals surface area contributed by atoms with Crippen molar-refractivity contribution in [1.29, 1.82) is 0 Å². The van der Waals surface area contributed by atoms with E-state index in [1.165, 1.54) is 0 Å². The summed E-state index contributed by atoms with van der Waals surface area (Å²) < 4.78 is 0. The maximum Gasteiger partial charge on any atom is 0.0747 e. The summed E-state index contributed by atoms with van der Waals surface area (Å²) in [5, 5.41) is 0. The van der Waals surface area contributed by atoms with E-state index in [0.717, 1.165) is 32.4 Å². The summed E-state index contributed by atoms with van der Waals surface area (Å²) in [7, 11) is 0. The molecule has 13 heteroatoms. The Morgan fingerprint density at radius 3 is 1.79 bits per heavy atom. The average molecular weight is 281 g/mol. The second-order valence-electron chi connectivity index (χ2n) is 3.36. The Bertz CT molecular complexity index is 140. The fourth-order valence-corrected chi connectivity index (χ4v) is 1.07. The molecule has 0 aliphatic heterocycles. The van der Waals surface area contributed by atoms with Crippen LogP contribution in [0.5, 0.6) is 0 Å². The van der Waals surface area contributed by atoms with E-state index in [1.54, 1.807) is 0 Å². The van der Waals surface area contributed by atoms with Gasteiger partial charge < -0.3 is 0 Å². The van der Waals surface area contributed by atoms with Gasteiger partial charge in [-0.2, -0.15) is 38.7 Å². The van der Waals surface area contributed by atoms with Crippen LogP contribution in [0.4, 0.5) is 0 Å². The molecule has 0 aromatic heterocycles. The summed E-state index contributed by atoms with van der Waals surface area (Å²) in [6.45, 7) is 2.19. The predicted octanol–water partition coefficient (Wildman–Crippen LogP) is -5.33. The van der Waals surface area contributed by atoms with Crippen molar-refractivity contribution in [2.45, 2.75) is 19.3 Å². The van der Waals surface area contributed by atoms with Crippen molar-refractivity contribution in [2.24, 2.45) is 11.7 Å². The molecular weight excluding hydrogens is 254 g/mol. The van der Waals surface area contributed by atoms with Crippen LogP contribution >= 0.6 is 0 Å². The first kappa shape index (κ1) is 18.5. The molecule has 0 saturated heterocycles. The van der Waals surface area contributed by atoms with Gasteiger partial charge in [0.05, 0.1) is 6.67 Å². The van der Waals surface area contributed by atoms with Crippen LogP contribution in [-0.2, 0) is 0 Å². The molecule has 116 valence electrons. The minimum Gasteiger partial charge on any atom is -0.258 e. The highest BCUT2D eigenvalue weighted by Gasteiger charge is 1.89. The highest BCUT2D eigenvalue weighted by atomic mass is 15.8. The number of nitrogens with one attached hydrogen (secondary N) is 11. The Labute approximate surface area is 112 Å². The van der Waals surface area contributed by atoms with Crippen molar-refractivity contribution >= 4 is 0 Å². The molecule has 19 heavy (non-hydrogen) atoms. The summed E-state index contributed by atoms with van der Waals surface area (Å²) >= 11 is 0. The second kappa shape index (κ2) is 17.5. The molecule has 0 unspecified atom stereocenters. The zero-order valence-corrected chi connectivity index (χ0v) is 10.9. The molecule has 0 aliphatic rings. The van der Waals surface area contributed by atoms with E-state index in [1.807, 2.05) is 0 Å². The number of rotatable bonds is 16. The molecule has 0 amide bonds. The lowest BCUT2D eigenvalue weighted by atomic mass is 10.2. The second-order valence-corrected chi connectivity index (χ2v) is 3.36.